The van der Waals surface area contributed by atoms with Gasteiger partial charge >= 0.3 is 0 Å². The van der Waals surface area contributed by atoms with E-state index in [0.29, 0.717) is 19.0 Å². The van der Waals surface area contributed by atoms with E-state index >= 15 is 0 Å². The third-order valence-corrected chi connectivity index (χ3v) is 3.17. The van der Waals surface area contributed by atoms with Crippen molar-refractivity contribution in [3.63, 3.8) is 0 Å². The lowest BCUT2D eigenvalue weighted by atomic mass is 10.3. The van der Waals surface area contributed by atoms with E-state index in [9.17, 15) is 5.11 Å². The van der Waals surface area contributed by atoms with Gasteiger partial charge in [0, 0.05) is 30.3 Å². The molecule has 1 aromatic rings. The maximum Gasteiger partial charge on any atom is 0.158 e. The molecule has 0 unspecified atom stereocenters. The molecule has 4 heteroatoms. The first-order valence-electron chi connectivity index (χ1n) is 5.91. The van der Waals surface area contributed by atoms with Gasteiger partial charge in [-0.05, 0) is 32.0 Å². The van der Waals surface area contributed by atoms with Gasteiger partial charge in [-0.1, -0.05) is 6.07 Å². The van der Waals surface area contributed by atoms with Crippen molar-refractivity contribution in [1.29, 1.82) is 0 Å². The van der Waals surface area contributed by atoms with Crippen LogP contribution >= 0.6 is 11.8 Å². The van der Waals surface area contributed by atoms with Crippen molar-refractivity contribution in [2.45, 2.75) is 31.5 Å². The zero-order valence-electron chi connectivity index (χ0n) is 10.4. The molecule has 0 spiro atoms. The van der Waals surface area contributed by atoms with E-state index in [0.717, 1.165) is 17.1 Å². The summed E-state index contributed by atoms with van der Waals surface area (Å²) in [4.78, 5) is 1.07. The molecule has 0 radical (unpaired) electrons. The fraction of sp³-hybridized carbons (Fsp3) is 0.538. The Labute approximate surface area is 107 Å². The van der Waals surface area contributed by atoms with Gasteiger partial charge in [0.25, 0.3) is 0 Å². The van der Waals surface area contributed by atoms with E-state index in [4.69, 9.17) is 9.47 Å². The topological polar surface area (TPSA) is 38.7 Å². The number of phenolic OH excluding ortho intramolecular Hbond substituents is 1. The highest BCUT2D eigenvalue weighted by atomic mass is 32.2. The van der Waals surface area contributed by atoms with Crippen molar-refractivity contribution in [3.05, 3.63) is 24.3 Å². The summed E-state index contributed by atoms with van der Waals surface area (Å²) in [7, 11) is 0. The number of hydrogen-bond donors (Lipinski definition) is 1. The van der Waals surface area contributed by atoms with Crippen LogP contribution < -0.4 is 0 Å². The number of rotatable bonds is 8. The van der Waals surface area contributed by atoms with Crippen molar-refractivity contribution in [2.75, 3.05) is 19.0 Å². The number of hydrogen-bond acceptors (Lipinski definition) is 4. The second kappa shape index (κ2) is 8.39. The van der Waals surface area contributed by atoms with Crippen LogP contribution in [-0.4, -0.2) is 30.4 Å². The SMILES string of the molecule is CCOC(CCSc1cccc(O)c1)OCC. The van der Waals surface area contributed by atoms with Gasteiger partial charge in [0.2, 0.25) is 0 Å². The van der Waals surface area contributed by atoms with E-state index in [2.05, 4.69) is 0 Å². The lowest BCUT2D eigenvalue weighted by Crippen LogP contribution is -2.18. The Bertz CT molecular complexity index is 311. The molecule has 0 aliphatic rings. The van der Waals surface area contributed by atoms with Gasteiger partial charge in [0.05, 0.1) is 0 Å². The Kier molecular flexibility index (Phi) is 7.08. The molecule has 0 saturated carbocycles. The highest BCUT2D eigenvalue weighted by molar-refractivity contribution is 7.99. The average molecular weight is 256 g/mol. The van der Waals surface area contributed by atoms with E-state index in [-0.39, 0.29) is 6.29 Å². The predicted molar refractivity (Wildman–Crippen MR) is 70.5 cm³/mol. The minimum atomic E-state index is -0.116. The summed E-state index contributed by atoms with van der Waals surface area (Å²) in [6.45, 7) is 5.27. The summed E-state index contributed by atoms with van der Waals surface area (Å²) in [5.41, 5.74) is 0. The Balaban J connectivity index is 2.30. The van der Waals surface area contributed by atoms with Crippen molar-refractivity contribution in [3.8, 4) is 5.75 Å². The normalized spacial score (nSPS) is 11.0. The molecular formula is C13H20O3S. The molecular weight excluding hydrogens is 236 g/mol. The van der Waals surface area contributed by atoms with Crippen molar-refractivity contribution >= 4 is 11.8 Å². The molecule has 0 heterocycles. The molecule has 0 bridgehead atoms. The molecule has 0 atom stereocenters. The largest absolute Gasteiger partial charge is 0.508 e. The lowest BCUT2D eigenvalue weighted by molar-refractivity contribution is -0.136. The van der Waals surface area contributed by atoms with Gasteiger partial charge < -0.3 is 14.6 Å². The number of thioether (sulfide) groups is 1. The lowest BCUT2D eigenvalue weighted by Gasteiger charge is -2.16. The van der Waals surface area contributed by atoms with Crippen molar-refractivity contribution in [2.24, 2.45) is 0 Å². The van der Waals surface area contributed by atoms with E-state index in [1.807, 2.05) is 26.0 Å². The highest BCUT2D eigenvalue weighted by Crippen LogP contribution is 2.23. The first kappa shape index (κ1) is 14.4. The molecule has 17 heavy (non-hydrogen) atoms. The molecule has 96 valence electrons. The smallest absolute Gasteiger partial charge is 0.158 e. The highest BCUT2D eigenvalue weighted by Gasteiger charge is 2.07. The predicted octanol–water partition coefficient (Wildman–Crippen LogP) is 3.27. The first-order valence-corrected chi connectivity index (χ1v) is 6.89. The van der Waals surface area contributed by atoms with Crippen molar-refractivity contribution < 1.29 is 14.6 Å². The average Bonchev–Trinajstić information content (AvgIpc) is 2.30. The van der Waals surface area contributed by atoms with Gasteiger partial charge in [-0.25, -0.2) is 0 Å². The summed E-state index contributed by atoms with van der Waals surface area (Å²) in [6.07, 6.45) is 0.733. The number of benzene rings is 1. The molecule has 3 nitrogen and oxygen atoms in total. The number of ether oxygens (including phenoxy) is 2. The monoisotopic (exact) mass is 256 g/mol. The van der Waals surface area contributed by atoms with E-state index < -0.39 is 0 Å². The molecule has 0 amide bonds. The Morgan fingerprint density at radius 1 is 1.24 bits per heavy atom. The van der Waals surface area contributed by atoms with Crippen LogP contribution in [0.25, 0.3) is 0 Å². The number of aromatic hydroxyl groups is 1. The zero-order valence-corrected chi connectivity index (χ0v) is 11.2. The first-order chi connectivity index (χ1) is 8.26. The zero-order chi connectivity index (χ0) is 12.5. The Hall–Kier alpha value is -0.710. The summed E-state index contributed by atoms with van der Waals surface area (Å²) in [5, 5.41) is 9.33. The van der Waals surface area contributed by atoms with Crippen LogP contribution in [0.1, 0.15) is 20.3 Å². The van der Waals surface area contributed by atoms with Gasteiger partial charge in [0.15, 0.2) is 6.29 Å². The maximum absolute atomic E-state index is 9.33. The quantitative estimate of drug-likeness (QED) is 0.572. The fourth-order valence-electron chi connectivity index (χ4n) is 1.43. The minimum absolute atomic E-state index is 0.116. The second-order valence-electron chi connectivity index (χ2n) is 3.47. The fourth-order valence-corrected chi connectivity index (χ4v) is 2.36. The Morgan fingerprint density at radius 2 is 1.94 bits per heavy atom. The van der Waals surface area contributed by atoms with Crippen molar-refractivity contribution in [1.82, 2.24) is 0 Å². The molecule has 0 saturated heterocycles. The van der Waals surface area contributed by atoms with Gasteiger partial charge in [-0.2, -0.15) is 0 Å². The van der Waals surface area contributed by atoms with E-state index in [1.165, 1.54) is 0 Å². The molecule has 1 aromatic carbocycles. The van der Waals surface area contributed by atoms with Gasteiger partial charge in [0.1, 0.15) is 5.75 Å². The van der Waals surface area contributed by atoms with E-state index in [1.54, 1.807) is 23.9 Å². The molecule has 0 aliphatic carbocycles. The van der Waals surface area contributed by atoms with Crippen LogP contribution in [0.5, 0.6) is 5.75 Å². The maximum atomic E-state index is 9.33. The van der Waals surface area contributed by atoms with Crippen LogP contribution in [0, 0.1) is 0 Å². The summed E-state index contributed by atoms with van der Waals surface area (Å²) < 4.78 is 10.9. The third kappa shape index (κ3) is 5.96. The standard InChI is InChI=1S/C13H20O3S/c1-3-15-13(16-4-2)8-9-17-12-7-5-6-11(14)10-12/h5-7,10,13-14H,3-4,8-9H2,1-2H3. The number of phenols is 1. The minimum Gasteiger partial charge on any atom is -0.508 e. The van der Waals surface area contributed by atoms with Crippen LogP contribution in [0.15, 0.2) is 29.2 Å². The van der Waals surface area contributed by atoms with Gasteiger partial charge in [-0.15, -0.1) is 11.8 Å². The summed E-state index contributed by atoms with van der Waals surface area (Å²) >= 11 is 1.69. The molecule has 0 aromatic heterocycles. The Morgan fingerprint density at radius 3 is 2.53 bits per heavy atom. The molecule has 0 aliphatic heterocycles. The summed E-state index contributed by atoms with van der Waals surface area (Å²) in [6, 6.07) is 7.27. The molecule has 0 fully saturated rings. The second-order valence-corrected chi connectivity index (χ2v) is 4.64. The summed E-state index contributed by atoms with van der Waals surface area (Å²) in [5.74, 6) is 1.22. The molecule has 1 N–H and O–H groups in total. The molecule has 1 rings (SSSR count). The van der Waals surface area contributed by atoms with Gasteiger partial charge in [-0.3, -0.25) is 0 Å². The van der Waals surface area contributed by atoms with Crippen LogP contribution in [0.4, 0.5) is 0 Å². The third-order valence-electron chi connectivity index (χ3n) is 2.15. The van der Waals surface area contributed by atoms with Crippen LogP contribution in [-0.2, 0) is 9.47 Å². The van der Waals surface area contributed by atoms with Crippen LogP contribution in [0.3, 0.4) is 0 Å². The van der Waals surface area contributed by atoms with Crippen LogP contribution in [0.2, 0.25) is 0 Å².